The maximum atomic E-state index is 12.2. The molecule has 2 aromatic rings. The van der Waals surface area contributed by atoms with E-state index < -0.39 is 0 Å². The highest BCUT2D eigenvalue weighted by Gasteiger charge is 2.21. The molecule has 4 nitrogen and oxygen atoms in total. The molecule has 0 aliphatic heterocycles. The topological polar surface area (TPSA) is 54.0 Å². The Morgan fingerprint density at radius 2 is 1.88 bits per heavy atom. The third-order valence-corrected chi connectivity index (χ3v) is 4.76. The molecule has 1 aliphatic carbocycles. The Balaban J connectivity index is 1.62. The molecule has 1 saturated carbocycles. The Hall–Kier alpha value is -1.78. The molecule has 24 heavy (non-hydrogen) atoms. The highest BCUT2D eigenvalue weighted by Crippen LogP contribution is 2.28. The number of aromatic nitrogens is 1. The average molecular weight is 364 g/mol. The fourth-order valence-electron chi connectivity index (χ4n) is 2.88. The van der Waals surface area contributed by atoms with Crippen molar-refractivity contribution in [2.24, 2.45) is 5.92 Å². The Bertz CT molecular complexity index is 713. The lowest BCUT2D eigenvalue weighted by atomic mass is 9.88. The molecule has 6 heteroatoms. The molecule has 1 aromatic heterocycles. The minimum absolute atomic E-state index is 0.0927. The molecule has 1 aliphatic rings. The normalized spacial score (nSPS) is 15.1. The molecule has 126 valence electrons. The third kappa shape index (κ3) is 4.40. The summed E-state index contributed by atoms with van der Waals surface area (Å²) < 4.78 is 0. The molecular formula is C18H19Cl2N3O. The first kappa shape index (κ1) is 17.1. The number of hydrogen-bond acceptors (Lipinski definition) is 3. The van der Waals surface area contributed by atoms with Gasteiger partial charge in [0.2, 0.25) is 5.91 Å². The van der Waals surface area contributed by atoms with Crippen LogP contribution in [0.25, 0.3) is 0 Å². The maximum absolute atomic E-state index is 12.2. The van der Waals surface area contributed by atoms with E-state index in [0.717, 1.165) is 25.7 Å². The Morgan fingerprint density at radius 1 is 1.08 bits per heavy atom. The van der Waals surface area contributed by atoms with E-state index in [0.29, 0.717) is 27.2 Å². The standard InChI is InChI=1S/C18H19Cl2N3O/c19-13-6-8-15(20)16(10-13)23-17-9-7-14(11-21-17)22-18(24)12-4-2-1-3-5-12/h6-12H,1-5H2,(H,21,23)(H,22,24). The second-order valence-electron chi connectivity index (χ2n) is 6.01. The van der Waals surface area contributed by atoms with Crippen LogP contribution in [-0.2, 0) is 4.79 Å². The van der Waals surface area contributed by atoms with E-state index in [9.17, 15) is 4.79 Å². The van der Waals surface area contributed by atoms with Crippen LogP contribution in [0.3, 0.4) is 0 Å². The van der Waals surface area contributed by atoms with Crippen molar-refractivity contribution in [1.29, 1.82) is 0 Å². The monoisotopic (exact) mass is 363 g/mol. The van der Waals surface area contributed by atoms with Crippen LogP contribution < -0.4 is 10.6 Å². The minimum Gasteiger partial charge on any atom is -0.339 e. The Labute approximate surface area is 151 Å². The zero-order chi connectivity index (χ0) is 16.9. The van der Waals surface area contributed by atoms with Crippen LogP contribution in [0.5, 0.6) is 0 Å². The lowest BCUT2D eigenvalue weighted by Gasteiger charge is -2.20. The first-order valence-electron chi connectivity index (χ1n) is 8.11. The molecule has 1 aromatic carbocycles. The molecule has 1 amide bonds. The maximum Gasteiger partial charge on any atom is 0.227 e. The quantitative estimate of drug-likeness (QED) is 0.737. The van der Waals surface area contributed by atoms with Gasteiger partial charge in [0.05, 0.1) is 22.6 Å². The summed E-state index contributed by atoms with van der Waals surface area (Å²) in [6.07, 6.45) is 7.11. The molecule has 2 N–H and O–H groups in total. The first-order chi connectivity index (χ1) is 11.6. The lowest BCUT2D eigenvalue weighted by Crippen LogP contribution is -2.24. The number of carbonyl (C=O) groups is 1. The zero-order valence-corrected chi connectivity index (χ0v) is 14.7. The number of nitrogens with zero attached hydrogens (tertiary/aromatic N) is 1. The van der Waals surface area contributed by atoms with Gasteiger partial charge >= 0.3 is 0 Å². The number of carbonyl (C=O) groups excluding carboxylic acids is 1. The van der Waals surface area contributed by atoms with Gasteiger partial charge in [0, 0.05) is 10.9 Å². The molecule has 0 radical (unpaired) electrons. The zero-order valence-electron chi connectivity index (χ0n) is 13.2. The second-order valence-corrected chi connectivity index (χ2v) is 6.85. The fraction of sp³-hybridized carbons (Fsp3) is 0.333. The number of halogens is 2. The number of benzene rings is 1. The predicted molar refractivity (Wildman–Crippen MR) is 99.2 cm³/mol. The van der Waals surface area contributed by atoms with Crippen LogP contribution in [0.15, 0.2) is 36.5 Å². The Morgan fingerprint density at radius 3 is 2.58 bits per heavy atom. The first-order valence-corrected chi connectivity index (χ1v) is 8.86. The average Bonchev–Trinajstić information content (AvgIpc) is 2.60. The summed E-state index contributed by atoms with van der Waals surface area (Å²) in [5, 5.41) is 7.22. The van der Waals surface area contributed by atoms with E-state index in [2.05, 4.69) is 15.6 Å². The molecule has 0 unspecified atom stereocenters. The van der Waals surface area contributed by atoms with Crippen LogP contribution in [0.2, 0.25) is 10.0 Å². The van der Waals surface area contributed by atoms with Crippen molar-refractivity contribution in [3.63, 3.8) is 0 Å². The molecule has 0 bridgehead atoms. The highest BCUT2D eigenvalue weighted by molar-refractivity contribution is 6.35. The van der Waals surface area contributed by atoms with Crippen LogP contribution in [0, 0.1) is 5.92 Å². The Kier molecular flexibility index (Phi) is 5.59. The van der Waals surface area contributed by atoms with Gasteiger partial charge in [-0.15, -0.1) is 0 Å². The van der Waals surface area contributed by atoms with Gasteiger partial charge in [0.15, 0.2) is 0 Å². The van der Waals surface area contributed by atoms with E-state index in [4.69, 9.17) is 23.2 Å². The van der Waals surface area contributed by atoms with Gasteiger partial charge in [-0.3, -0.25) is 4.79 Å². The second kappa shape index (κ2) is 7.86. The molecule has 0 saturated heterocycles. The minimum atomic E-state index is 0.0927. The molecule has 0 spiro atoms. The summed E-state index contributed by atoms with van der Waals surface area (Å²) in [6, 6.07) is 8.82. The summed E-state index contributed by atoms with van der Waals surface area (Å²) in [4.78, 5) is 16.6. The SMILES string of the molecule is O=C(Nc1ccc(Nc2cc(Cl)ccc2Cl)nc1)C1CCCCC1. The number of nitrogens with one attached hydrogen (secondary N) is 2. The highest BCUT2D eigenvalue weighted by atomic mass is 35.5. The number of rotatable bonds is 4. The van der Waals surface area contributed by atoms with Crippen molar-refractivity contribution in [2.45, 2.75) is 32.1 Å². The largest absolute Gasteiger partial charge is 0.339 e. The predicted octanol–water partition coefficient (Wildman–Crippen LogP) is 5.65. The number of amides is 1. The summed E-state index contributed by atoms with van der Waals surface area (Å²) in [5.74, 6) is 0.853. The van der Waals surface area contributed by atoms with Crippen molar-refractivity contribution < 1.29 is 4.79 Å². The van der Waals surface area contributed by atoms with Crippen molar-refractivity contribution in [3.05, 3.63) is 46.6 Å². The van der Waals surface area contributed by atoms with Gasteiger partial charge < -0.3 is 10.6 Å². The molecule has 1 fully saturated rings. The van der Waals surface area contributed by atoms with Crippen molar-refractivity contribution >= 4 is 46.3 Å². The number of anilines is 3. The summed E-state index contributed by atoms with van der Waals surface area (Å²) in [6.45, 7) is 0. The van der Waals surface area contributed by atoms with E-state index in [1.807, 2.05) is 6.07 Å². The lowest BCUT2D eigenvalue weighted by molar-refractivity contribution is -0.120. The van der Waals surface area contributed by atoms with Crippen molar-refractivity contribution in [1.82, 2.24) is 4.98 Å². The van der Waals surface area contributed by atoms with Gasteiger partial charge in [0.1, 0.15) is 5.82 Å². The van der Waals surface area contributed by atoms with Gasteiger partial charge in [-0.2, -0.15) is 0 Å². The van der Waals surface area contributed by atoms with Crippen LogP contribution in [-0.4, -0.2) is 10.9 Å². The molecule has 3 rings (SSSR count). The number of hydrogen-bond donors (Lipinski definition) is 2. The van der Waals surface area contributed by atoms with Gasteiger partial charge in [-0.25, -0.2) is 4.98 Å². The molecule has 0 atom stereocenters. The van der Waals surface area contributed by atoms with E-state index in [1.165, 1.54) is 6.42 Å². The van der Waals surface area contributed by atoms with Crippen molar-refractivity contribution in [3.8, 4) is 0 Å². The van der Waals surface area contributed by atoms with Crippen molar-refractivity contribution in [2.75, 3.05) is 10.6 Å². The number of pyridine rings is 1. The van der Waals surface area contributed by atoms with E-state index >= 15 is 0 Å². The fourth-order valence-corrected chi connectivity index (χ4v) is 3.22. The van der Waals surface area contributed by atoms with Crippen LogP contribution in [0.4, 0.5) is 17.2 Å². The molecular weight excluding hydrogens is 345 g/mol. The van der Waals surface area contributed by atoms with Gasteiger partial charge in [-0.1, -0.05) is 42.5 Å². The third-order valence-electron chi connectivity index (χ3n) is 4.20. The molecule has 1 heterocycles. The van der Waals surface area contributed by atoms with E-state index in [-0.39, 0.29) is 11.8 Å². The van der Waals surface area contributed by atoms with Gasteiger partial charge in [-0.05, 0) is 43.2 Å². The van der Waals surface area contributed by atoms with Gasteiger partial charge in [0.25, 0.3) is 0 Å². The summed E-state index contributed by atoms with van der Waals surface area (Å²) in [5.41, 5.74) is 1.39. The summed E-state index contributed by atoms with van der Waals surface area (Å²) in [7, 11) is 0. The summed E-state index contributed by atoms with van der Waals surface area (Å²) >= 11 is 12.1. The van der Waals surface area contributed by atoms with E-state index in [1.54, 1.807) is 30.5 Å². The van der Waals surface area contributed by atoms with Crippen LogP contribution >= 0.6 is 23.2 Å². The van der Waals surface area contributed by atoms with Crippen LogP contribution in [0.1, 0.15) is 32.1 Å². The smallest absolute Gasteiger partial charge is 0.227 e.